The van der Waals surface area contributed by atoms with Crippen molar-refractivity contribution in [3.8, 4) is 0 Å². The van der Waals surface area contributed by atoms with Crippen LogP contribution in [0.3, 0.4) is 0 Å². The lowest BCUT2D eigenvalue weighted by molar-refractivity contribution is -0.147. The zero-order chi connectivity index (χ0) is 18.7. The molecule has 2 aliphatic heterocycles. The van der Waals surface area contributed by atoms with Crippen LogP contribution in [0.1, 0.15) is 11.9 Å². The maximum absolute atomic E-state index is 12.5. The molecular weight excluding hydrogens is 360 g/mol. The second-order valence-electron chi connectivity index (χ2n) is 5.53. The van der Waals surface area contributed by atoms with Gasteiger partial charge in [0.25, 0.3) is 0 Å². The van der Waals surface area contributed by atoms with E-state index in [2.05, 4.69) is 14.7 Å². The topological polar surface area (TPSA) is 101 Å². The molecule has 1 fully saturated rings. The zero-order valence-corrected chi connectivity index (χ0v) is 15.2. The minimum atomic E-state index is -0.519. The van der Waals surface area contributed by atoms with Crippen LogP contribution in [0.25, 0.3) is 0 Å². The molecule has 138 valence electrons. The van der Waals surface area contributed by atoms with Gasteiger partial charge >= 0.3 is 11.9 Å². The predicted octanol–water partition coefficient (Wildman–Crippen LogP) is 0.0377. The van der Waals surface area contributed by atoms with Gasteiger partial charge in [0.2, 0.25) is 5.91 Å². The number of hydrogen-bond acceptors (Lipinski definition) is 9. The molecule has 1 aromatic heterocycles. The van der Waals surface area contributed by atoms with Crippen molar-refractivity contribution in [2.75, 3.05) is 39.9 Å². The molecule has 1 amide bonds. The Kier molecular flexibility index (Phi) is 5.31. The molecule has 2 aliphatic rings. The first-order valence-corrected chi connectivity index (χ1v) is 8.88. The maximum atomic E-state index is 12.5. The molecule has 0 radical (unpaired) electrons. The second kappa shape index (κ2) is 7.65. The number of ether oxygens (including phenoxy) is 2. The predicted molar refractivity (Wildman–Crippen MR) is 92.5 cm³/mol. The SMILES string of the molecule is CCOC(=O)C1=C2CN(CC(=O)OC)C(=O)CN2C(c2nccs2)=NC1. The van der Waals surface area contributed by atoms with Gasteiger partial charge in [-0.1, -0.05) is 0 Å². The lowest BCUT2D eigenvalue weighted by Crippen LogP contribution is -2.54. The first-order chi connectivity index (χ1) is 12.5. The Hall–Kier alpha value is -2.75. The van der Waals surface area contributed by atoms with Crippen molar-refractivity contribution in [2.24, 2.45) is 4.99 Å². The molecular formula is C16H18N4O5S. The number of carbonyl (C=O) groups is 3. The number of thiazole rings is 1. The van der Waals surface area contributed by atoms with Gasteiger partial charge in [0.15, 0.2) is 10.8 Å². The number of rotatable bonds is 5. The van der Waals surface area contributed by atoms with Gasteiger partial charge in [-0.05, 0) is 6.92 Å². The van der Waals surface area contributed by atoms with E-state index in [-0.39, 0.29) is 38.7 Å². The molecule has 0 unspecified atom stereocenters. The Morgan fingerprint density at radius 2 is 2.15 bits per heavy atom. The van der Waals surface area contributed by atoms with Crippen LogP contribution in [0.5, 0.6) is 0 Å². The first kappa shape index (κ1) is 18.1. The van der Waals surface area contributed by atoms with E-state index < -0.39 is 11.9 Å². The highest BCUT2D eigenvalue weighted by Gasteiger charge is 2.38. The van der Waals surface area contributed by atoms with E-state index in [1.807, 2.05) is 5.38 Å². The third-order valence-electron chi connectivity index (χ3n) is 4.00. The maximum Gasteiger partial charge on any atom is 0.337 e. The van der Waals surface area contributed by atoms with Crippen molar-refractivity contribution in [3.05, 3.63) is 27.9 Å². The van der Waals surface area contributed by atoms with Crippen LogP contribution in [-0.2, 0) is 23.9 Å². The van der Waals surface area contributed by atoms with E-state index >= 15 is 0 Å². The summed E-state index contributed by atoms with van der Waals surface area (Å²) in [6.07, 6.45) is 1.65. The number of aliphatic imine (C=N–C) groups is 1. The first-order valence-electron chi connectivity index (χ1n) is 8.00. The fraction of sp³-hybridized carbons (Fsp3) is 0.438. The van der Waals surface area contributed by atoms with Gasteiger partial charge in [-0.3, -0.25) is 14.6 Å². The third kappa shape index (κ3) is 3.45. The summed E-state index contributed by atoms with van der Waals surface area (Å²) >= 11 is 1.40. The molecule has 26 heavy (non-hydrogen) atoms. The molecule has 0 atom stereocenters. The Morgan fingerprint density at radius 1 is 1.35 bits per heavy atom. The van der Waals surface area contributed by atoms with E-state index in [9.17, 15) is 14.4 Å². The number of nitrogens with zero attached hydrogens (tertiary/aromatic N) is 4. The minimum absolute atomic E-state index is 0.0341. The standard InChI is InChI=1S/C16H18N4O5S/c1-3-25-16(23)10-6-18-14(15-17-4-5-26-15)20-8-12(21)19(7-11(10)20)9-13(22)24-2/h4-5H,3,6-9H2,1-2H3. The van der Waals surface area contributed by atoms with Gasteiger partial charge in [0, 0.05) is 11.6 Å². The molecule has 0 aromatic carbocycles. The summed E-state index contributed by atoms with van der Waals surface area (Å²) in [6, 6.07) is 0. The Bertz CT molecular complexity index is 787. The van der Waals surface area contributed by atoms with E-state index in [0.29, 0.717) is 22.1 Å². The third-order valence-corrected chi connectivity index (χ3v) is 4.77. The average Bonchev–Trinajstić information content (AvgIpc) is 3.16. The summed E-state index contributed by atoms with van der Waals surface area (Å²) in [5, 5.41) is 2.48. The zero-order valence-electron chi connectivity index (χ0n) is 14.4. The summed E-state index contributed by atoms with van der Waals surface area (Å²) < 4.78 is 9.76. The largest absolute Gasteiger partial charge is 0.468 e. The number of esters is 2. The highest BCUT2D eigenvalue weighted by atomic mass is 32.1. The van der Waals surface area contributed by atoms with Crippen LogP contribution in [0.4, 0.5) is 0 Å². The fourth-order valence-corrected chi connectivity index (χ4v) is 3.41. The van der Waals surface area contributed by atoms with Crippen LogP contribution in [0.2, 0.25) is 0 Å². The summed E-state index contributed by atoms with van der Waals surface area (Å²) in [6.45, 7) is 2.00. The summed E-state index contributed by atoms with van der Waals surface area (Å²) in [4.78, 5) is 48.1. The van der Waals surface area contributed by atoms with Gasteiger partial charge in [-0.25, -0.2) is 9.78 Å². The molecule has 0 aliphatic carbocycles. The van der Waals surface area contributed by atoms with Gasteiger partial charge in [0.05, 0.1) is 38.1 Å². The average molecular weight is 378 g/mol. The fourth-order valence-electron chi connectivity index (χ4n) is 2.76. The Labute approximate surface area is 153 Å². The number of fused-ring (bicyclic) bond motifs is 1. The lowest BCUT2D eigenvalue weighted by Gasteiger charge is -2.39. The highest BCUT2D eigenvalue weighted by Crippen LogP contribution is 2.27. The lowest BCUT2D eigenvalue weighted by atomic mass is 10.1. The van der Waals surface area contributed by atoms with Gasteiger partial charge in [0.1, 0.15) is 13.1 Å². The van der Waals surface area contributed by atoms with Crippen LogP contribution in [0.15, 0.2) is 27.8 Å². The molecule has 0 saturated carbocycles. The molecule has 10 heteroatoms. The van der Waals surface area contributed by atoms with Crippen molar-refractivity contribution < 1.29 is 23.9 Å². The van der Waals surface area contributed by atoms with Gasteiger partial charge in [-0.2, -0.15) is 0 Å². The monoisotopic (exact) mass is 378 g/mol. The molecule has 0 bridgehead atoms. The smallest absolute Gasteiger partial charge is 0.337 e. The van der Waals surface area contributed by atoms with E-state index in [4.69, 9.17) is 4.74 Å². The van der Waals surface area contributed by atoms with Crippen LogP contribution in [-0.4, -0.2) is 78.4 Å². The number of piperazine rings is 1. The molecule has 3 heterocycles. The molecule has 1 saturated heterocycles. The second-order valence-corrected chi connectivity index (χ2v) is 6.43. The quantitative estimate of drug-likeness (QED) is 0.667. The van der Waals surface area contributed by atoms with Crippen molar-refractivity contribution in [1.29, 1.82) is 0 Å². The Balaban J connectivity index is 1.94. The van der Waals surface area contributed by atoms with E-state index in [1.165, 1.54) is 23.3 Å². The molecule has 0 N–H and O–H groups in total. The molecule has 9 nitrogen and oxygen atoms in total. The van der Waals surface area contributed by atoms with Crippen molar-refractivity contribution >= 4 is 35.0 Å². The van der Waals surface area contributed by atoms with Crippen molar-refractivity contribution in [2.45, 2.75) is 6.92 Å². The molecule has 1 aromatic rings. The van der Waals surface area contributed by atoms with Crippen LogP contribution >= 0.6 is 11.3 Å². The van der Waals surface area contributed by atoms with Crippen LogP contribution < -0.4 is 0 Å². The highest BCUT2D eigenvalue weighted by molar-refractivity contribution is 7.11. The van der Waals surface area contributed by atoms with Crippen molar-refractivity contribution in [3.63, 3.8) is 0 Å². The minimum Gasteiger partial charge on any atom is -0.468 e. The Morgan fingerprint density at radius 3 is 2.81 bits per heavy atom. The van der Waals surface area contributed by atoms with E-state index in [0.717, 1.165) is 0 Å². The summed E-state index contributed by atoms with van der Waals surface area (Å²) in [5.74, 6) is -0.695. The van der Waals surface area contributed by atoms with Gasteiger partial charge in [-0.15, -0.1) is 11.3 Å². The summed E-state index contributed by atoms with van der Waals surface area (Å²) in [7, 11) is 1.26. The number of hydrogen-bond donors (Lipinski definition) is 0. The van der Waals surface area contributed by atoms with Crippen LogP contribution in [0, 0.1) is 0 Å². The normalized spacial score (nSPS) is 17.0. The van der Waals surface area contributed by atoms with Gasteiger partial charge < -0.3 is 19.3 Å². The number of methoxy groups -OCH3 is 1. The van der Waals surface area contributed by atoms with E-state index in [1.54, 1.807) is 18.0 Å². The number of amidine groups is 1. The van der Waals surface area contributed by atoms with Crippen molar-refractivity contribution in [1.82, 2.24) is 14.8 Å². The number of carbonyl (C=O) groups excluding carboxylic acids is 3. The number of aromatic nitrogens is 1. The molecule has 0 spiro atoms. The summed E-state index contributed by atoms with van der Waals surface area (Å²) in [5.41, 5.74) is 0.988. The molecule has 3 rings (SSSR count). The number of amides is 1.